The Kier molecular flexibility index (Phi) is 5.74. The number of benzene rings is 1. The van der Waals surface area contributed by atoms with Gasteiger partial charge in [0, 0.05) is 23.2 Å². The molecule has 2 aromatic rings. The molecule has 0 saturated carbocycles. The van der Waals surface area contributed by atoms with E-state index in [0.29, 0.717) is 23.2 Å². The zero-order valence-electron chi connectivity index (χ0n) is 12.8. The van der Waals surface area contributed by atoms with Gasteiger partial charge in [0.15, 0.2) is 5.13 Å². The lowest BCUT2D eigenvalue weighted by Crippen LogP contribution is -2.36. The van der Waals surface area contributed by atoms with Crippen LogP contribution in [0.5, 0.6) is 11.5 Å². The highest BCUT2D eigenvalue weighted by molar-refractivity contribution is 7.13. The molecule has 0 atom stereocenters. The van der Waals surface area contributed by atoms with Gasteiger partial charge in [-0.25, -0.2) is 4.98 Å². The van der Waals surface area contributed by atoms with E-state index in [1.54, 1.807) is 38.4 Å². The van der Waals surface area contributed by atoms with Crippen molar-refractivity contribution >= 4 is 22.4 Å². The zero-order valence-corrected chi connectivity index (χ0v) is 13.6. The minimum absolute atomic E-state index is 0.0460. The van der Waals surface area contributed by atoms with Gasteiger partial charge in [0.2, 0.25) is 5.91 Å². The van der Waals surface area contributed by atoms with Gasteiger partial charge in [-0.2, -0.15) is 0 Å². The number of ether oxygens (including phenoxy) is 2. The Balaban J connectivity index is 2.29. The smallest absolute Gasteiger partial charge is 0.243 e. The van der Waals surface area contributed by atoms with E-state index in [4.69, 9.17) is 9.47 Å². The van der Waals surface area contributed by atoms with Crippen molar-refractivity contribution in [2.24, 2.45) is 0 Å². The average molecular weight is 321 g/mol. The number of amides is 1. The van der Waals surface area contributed by atoms with Gasteiger partial charge < -0.3 is 14.8 Å². The van der Waals surface area contributed by atoms with E-state index in [-0.39, 0.29) is 12.5 Å². The van der Waals surface area contributed by atoms with Crippen LogP contribution in [0.3, 0.4) is 0 Å². The summed E-state index contributed by atoms with van der Waals surface area (Å²) in [4.78, 5) is 18.2. The van der Waals surface area contributed by atoms with Gasteiger partial charge in [-0.3, -0.25) is 9.69 Å². The molecule has 1 heterocycles. The van der Waals surface area contributed by atoms with Crippen LogP contribution in [0, 0.1) is 0 Å². The molecular weight excluding hydrogens is 302 g/mol. The van der Waals surface area contributed by atoms with E-state index >= 15 is 0 Å². The number of carbonyl (C=O) groups is 1. The molecule has 1 N–H and O–H groups in total. The van der Waals surface area contributed by atoms with E-state index < -0.39 is 0 Å². The SMILES string of the molecule is CNCC(=O)N(Cc1ccc(OC)cc1OC)c1nccs1. The number of nitrogens with zero attached hydrogens (tertiary/aromatic N) is 2. The molecular formula is C15H19N3O3S. The summed E-state index contributed by atoms with van der Waals surface area (Å²) in [7, 11) is 4.94. The van der Waals surface area contributed by atoms with Gasteiger partial charge in [-0.05, 0) is 19.2 Å². The molecule has 0 saturated heterocycles. The van der Waals surface area contributed by atoms with Crippen LogP contribution in [0.25, 0.3) is 0 Å². The summed E-state index contributed by atoms with van der Waals surface area (Å²) >= 11 is 1.43. The molecule has 0 radical (unpaired) electrons. The maximum atomic E-state index is 12.3. The van der Waals surface area contributed by atoms with Crippen LogP contribution < -0.4 is 19.7 Å². The summed E-state index contributed by atoms with van der Waals surface area (Å²) in [6, 6.07) is 5.54. The van der Waals surface area contributed by atoms with Crippen molar-refractivity contribution in [3.8, 4) is 11.5 Å². The fourth-order valence-electron chi connectivity index (χ4n) is 2.01. The standard InChI is InChI=1S/C15H19N3O3S/c1-16-9-14(19)18(15-17-6-7-22-15)10-11-4-5-12(20-2)8-13(11)21-3/h4-8,16H,9-10H2,1-3H3. The third kappa shape index (κ3) is 3.75. The number of aromatic nitrogens is 1. The number of carbonyl (C=O) groups excluding carboxylic acids is 1. The van der Waals surface area contributed by atoms with Gasteiger partial charge in [-0.1, -0.05) is 0 Å². The summed E-state index contributed by atoms with van der Waals surface area (Å²) in [5, 5.41) is 5.39. The van der Waals surface area contributed by atoms with Crippen molar-refractivity contribution in [2.75, 3.05) is 32.7 Å². The van der Waals surface area contributed by atoms with E-state index in [1.807, 2.05) is 17.5 Å². The summed E-state index contributed by atoms with van der Waals surface area (Å²) in [5.74, 6) is 1.34. The molecule has 1 aromatic carbocycles. The monoisotopic (exact) mass is 321 g/mol. The first-order valence-electron chi connectivity index (χ1n) is 6.75. The van der Waals surface area contributed by atoms with Crippen LogP contribution in [0.1, 0.15) is 5.56 Å². The molecule has 0 aliphatic carbocycles. The Morgan fingerprint density at radius 2 is 2.18 bits per heavy atom. The van der Waals surface area contributed by atoms with Crippen LogP contribution in [0.4, 0.5) is 5.13 Å². The number of rotatable bonds is 7. The van der Waals surface area contributed by atoms with Gasteiger partial charge in [0.1, 0.15) is 11.5 Å². The predicted octanol–water partition coefficient (Wildman–Crippen LogP) is 1.91. The molecule has 0 bridgehead atoms. The number of anilines is 1. The van der Waals surface area contributed by atoms with Crippen molar-refractivity contribution in [1.82, 2.24) is 10.3 Å². The van der Waals surface area contributed by atoms with Crippen molar-refractivity contribution in [2.45, 2.75) is 6.54 Å². The molecule has 0 unspecified atom stereocenters. The van der Waals surface area contributed by atoms with Gasteiger partial charge >= 0.3 is 0 Å². The Labute approximate surface area is 133 Å². The normalized spacial score (nSPS) is 10.3. The zero-order chi connectivity index (χ0) is 15.9. The molecule has 22 heavy (non-hydrogen) atoms. The first-order chi connectivity index (χ1) is 10.7. The summed E-state index contributed by atoms with van der Waals surface area (Å²) in [6.07, 6.45) is 1.69. The molecule has 0 aliphatic heterocycles. The van der Waals surface area contributed by atoms with Crippen LogP contribution in [0.2, 0.25) is 0 Å². The Morgan fingerprint density at radius 3 is 2.77 bits per heavy atom. The molecule has 6 nitrogen and oxygen atoms in total. The Hall–Kier alpha value is -2.12. The third-order valence-corrected chi connectivity index (χ3v) is 3.90. The maximum Gasteiger partial charge on any atom is 0.243 e. The van der Waals surface area contributed by atoms with Gasteiger partial charge in [-0.15, -0.1) is 11.3 Å². The molecule has 7 heteroatoms. The predicted molar refractivity (Wildman–Crippen MR) is 86.8 cm³/mol. The van der Waals surface area contributed by atoms with E-state index in [1.165, 1.54) is 11.3 Å². The first-order valence-corrected chi connectivity index (χ1v) is 7.63. The highest BCUT2D eigenvalue weighted by atomic mass is 32.1. The van der Waals surface area contributed by atoms with Crippen molar-refractivity contribution in [3.05, 3.63) is 35.3 Å². The van der Waals surface area contributed by atoms with E-state index in [0.717, 1.165) is 5.56 Å². The molecule has 0 spiro atoms. The van der Waals surface area contributed by atoms with Crippen molar-refractivity contribution in [3.63, 3.8) is 0 Å². The quantitative estimate of drug-likeness (QED) is 0.844. The Bertz CT molecular complexity index is 617. The number of nitrogens with one attached hydrogen (secondary N) is 1. The van der Waals surface area contributed by atoms with Crippen molar-refractivity contribution < 1.29 is 14.3 Å². The Morgan fingerprint density at radius 1 is 1.36 bits per heavy atom. The summed E-state index contributed by atoms with van der Waals surface area (Å²) in [6.45, 7) is 0.638. The molecule has 1 aromatic heterocycles. The summed E-state index contributed by atoms with van der Waals surface area (Å²) < 4.78 is 10.6. The number of hydrogen-bond acceptors (Lipinski definition) is 6. The van der Waals surface area contributed by atoms with Crippen LogP contribution >= 0.6 is 11.3 Å². The fraction of sp³-hybridized carbons (Fsp3) is 0.333. The number of hydrogen-bond donors (Lipinski definition) is 1. The first kappa shape index (κ1) is 16.3. The van der Waals surface area contributed by atoms with Crippen LogP contribution in [-0.4, -0.2) is 38.7 Å². The summed E-state index contributed by atoms with van der Waals surface area (Å²) in [5.41, 5.74) is 0.892. The largest absolute Gasteiger partial charge is 0.497 e. The second-order valence-corrected chi connectivity index (χ2v) is 5.38. The highest BCUT2D eigenvalue weighted by Gasteiger charge is 2.19. The lowest BCUT2D eigenvalue weighted by molar-refractivity contribution is -0.117. The topological polar surface area (TPSA) is 63.7 Å². The van der Waals surface area contributed by atoms with Crippen LogP contribution in [-0.2, 0) is 11.3 Å². The highest BCUT2D eigenvalue weighted by Crippen LogP contribution is 2.28. The molecule has 0 aliphatic rings. The number of likely N-dealkylation sites (N-methyl/N-ethyl adjacent to an activating group) is 1. The minimum atomic E-state index is -0.0460. The number of thiazole rings is 1. The van der Waals surface area contributed by atoms with Gasteiger partial charge in [0.05, 0.1) is 27.3 Å². The van der Waals surface area contributed by atoms with Crippen LogP contribution in [0.15, 0.2) is 29.8 Å². The second-order valence-electron chi connectivity index (χ2n) is 4.50. The molecule has 2 rings (SSSR count). The fourth-order valence-corrected chi connectivity index (χ4v) is 2.67. The van der Waals surface area contributed by atoms with E-state index in [9.17, 15) is 4.79 Å². The van der Waals surface area contributed by atoms with Crippen molar-refractivity contribution in [1.29, 1.82) is 0 Å². The molecule has 0 fully saturated rings. The second kappa shape index (κ2) is 7.77. The molecule has 1 amide bonds. The minimum Gasteiger partial charge on any atom is -0.497 e. The molecule has 118 valence electrons. The maximum absolute atomic E-state index is 12.3. The lowest BCUT2D eigenvalue weighted by atomic mass is 10.1. The van der Waals surface area contributed by atoms with Gasteiger partial charge in [0.25, 0.3) is 0 Å². The number of methoxy groups -OCH3 is 2. The average Bonchev–Trinajstić information content (AvgIpc) is 3.06. The van der Waals surface area contributed by atoms with E-state index in [2.05, 4.69) is 10.3 Å². The third-order valence-electron chi connectivity index (χ3n) is 3.10. The lowest BCUT2D eigenvalue weighted by Gasteiger charge is -2.21.